The van der Waals surface area contributed by atoms with E-state index in [4.69, 9.17) is 23.2 Å². The van der Waals surface area contributed by atoms with Gasteiger partial charge in [-0.05, 0) is 42.5 Å². The second-order valence-corrected chi connectivity index (χ2v) is 10.6. The van der Waals surface area contributed by atoms with E-state index in [0.717, 1.165) is 34.6 Å². The number of nitrogens with one attached hydrogen (secondary N) is 1. The fourth-order valence-corrected chi connectivity index (χ4v) is 5.38. The smallest absolute Gasteiger partial charge is 0.243 e. The van der Waals surface area contributed by atoms with Gasteiger partial charge in [0, 0.05) is 42.4 Å². The van der Waals surface area contributed by atoms with Gasteiger partial charge in [-0.3, -0.25) is 4.79 Å². The molecule has 2 aromatic rings. The standard InChI is InChI=1S/C19H21Cl2N3O3S2/c1-23(29(26,27)16-5-2-14(20)3-6-16)13-19(25)22-15-4-7-18(17(21)12-15)24-8-10-28-11-9-24/h2-7,12H,8-11,13H2,1H3,(H,22,25). The summed E-state index contributed by atoms with van der Waals surface area (Å²) in [5.41, 5.74) is 1.46. The number of sulfonamides is 1. The highest BCUT2D eigenvalue weighted by atomic mass is 35.5. The van der Waals surface area contributed by atoms with Crippen molar-refractivity contribution >= 4 is 62.3 Å². The SMILES string of the molecule is CN(CC(=O)Nc1ccc(N2CCSCC2)c(Cl)c1)S(=O)(=O)c1ccc(Cl)cc1. The first-order valence-corrected chi connectivity index (χ1v) is 12.3. The molecule has 0 aromatic heterocycles. The lowest BCUT2D eigenvalue weighted by molar-refractivity contribution is -0.116. The first-order valence-electron chi connectivity index (χ1n) is 8.91. The fourth-order valence-electron chi connectivity index (χ4n) is 2.92. The zero-order valence-electron chi connectivity index (χ0n) is 15.8. The van der Waals surface area contributed by atoms with E-state index in [1.807, 2.05) is 17.8 Å². The third-order valence-corrected chi connectivity index (χ3v) is 7.79. The Morgan fingerprint density at radius 1 is 1.14 bits per heavy atom. The molecule has 10 heteroatoms. The number of nitrogens with zero attached hydrogens (tertiary/aromatic N) is 2. The number of likely N-dealkylation sites (N-methyl/N-ethyl adjacent to an activating group) is 1. The van der Waals surface area contributed by atoms with E-state index in [0.29, 0.717) is 15.7 Å². The van der Waals surface area contributed by atoms with Crippen LogP contribution in [0.5, 0.6) is 0 Å². The van der Waals surface area contributed by atoms with E-state index in [-0.39, 0.29) is 11.4 Å². The summed E-state index contributed by atoms with van der Waals surface area (Å²) in [6.07, 6.45) is 0. The van der Waals surface area contributed by atoms with Crippen LogP contribution in [-0.4, -0.2) is 56.8 Å². The summed E-state index contributed by atoms with van der Waals surface area (Å²) in [5.74, 6) is 1.66. The van der Waals surface area contributed by atoms with Crippen molar-refractivity contribution in [3.63, 3.8) is 0 Å². The minimum absolute atomic E-state index is 0.0734. The molecule has 2 aromatic carbocycles. The molecule has 156 valence electrons. The molecule has 3 rings (SSSR count). The molecule has 0 atom stereocenters. The number of carbonyl (C=O) groups excluding carboxylic acids is 1. The molecule has 1 saturated heterocycles. The quantitative estimate of drug-likeness (QED) is 0.690. The monoisotopic (exact) mass is 473 g/mol. The van der Waals surface area contributed by atoms with Gasteiger partial charge in [-0.1, -0.05) is 23.2 Å². The van der Waals surface area contributed by atoms with Crippen molar-refractivity contribution in [2.24, 2.45) is 0 Å². The summed E-state index contributed by atoms with van der Waals surface area (Å²) >= 11 is 14.1. The van der Waals surface area contributed by atoms with Crippen LogP contribution in [0.15, 0.2) is 47.4 Å². The van der Waals surface area contributed by atoms with Crippen molar-refractivity contribution in [2.45, 2.75) is 4.90 Å². The van der Waals surface area contributed by atoms with Crippen LogP contribution in [0, 0.1) is 0 Å². The Bertz CT molecular complexity index is 979. The molecule has 1 amide bonds. The molecule has 1 heterocycles. The largest absolute Gasteiger partial charge is 0.369 e. The normalized spacial score (nSPS) is 14.8. The third kappa shape index (κ3) is 5.58. The molecule has 1 aliphatic rings. The van der Waals surface area contributed by atoms with Gasteiger partial charge >= 0.3 is 0 Å². The Morgan fingerprint density at radius 2 is 1.79 bits per heavy atom. The van der Waals surface area contributed by atoms with E-state index in [1.54, 1.807) is 12.1 Å². The molecule has 1 N–H and O–H groups in total. The highest BCUT2D eigenvalue weighted by Gasteiger charge is 2.23. The molecule has 1 fully saturated rings. The van der Waals surface area contributed by atoms with Crippen molar-refractivity contribution < 1.29 is 13.2 Å². The summed E-state index contributed by atoms with van der Waals surface area (Å²) in [4.78, 5) is 14.7. The van der Waals surface area contributed by atoms with Crippen LogP contribution in [0.4, 0.5) is 11.4 Å². The molecule has 0 saturated carbocycles. The van der Waals surface area contributed by atoms with Crippen LogP contribution in [0.3, 0.4) is 0 Å². The lowest BCUT2D eigenvalue weighted by Crippen LogP contribution is -2.35. The summed E-state index contributed by atoms with van der Waals surface area (Å²) in [6.45, 7) is 1.54. The van der Waals surface area contributed by atoms with E-state index in [9.17, 15) is 13.2 Å². The molecule has 0 radical (unpaired) electrons. The van der Waals surface area contributed by atoms with Crippen molar-refractivity contribution in [1.29, 1.82) is 0 Å². The van der Waals surface area contributed by atoms with E-state index < -0.39 is 15.9 Å². The predicted octanol–water partition coefficient (Wildman–Crippen LogP) is 3.81. The van der Waals surface area contributed by atoms with Crippen LogP contribution in [0.25, 0.3) is 0 Å². The van der Waals surface area contributed by atoms with Crippen LogP contribution in [0.1, 0.15) is 0 Å². The molecule has 0 unspecified atom stereocenters. The van der Waals surface area contributed by atoms with Crippen LogP contribution >= 0.6 is 35.0 Å². The summed E-state index contributed by atoms with van der Waals surface area (Å²) in [5, 5.41) is 3.69. The molecular weight excluding hydrogens is 453 g/mol. The van der Waals surface area contributed by atoms with E-state index in [2.05, 4.69) is 10.2 Å². The highest BCUT2D eigenvalue weighted by molar-refractivity contribution is 7.99. The molecule has 0 aliphatic carbocycles. The van der Waals surface area contributed by atoms with Gasteiger partial charge < -0.3 is 10.2 Å². The van der Waals surface area contributed by atoms with Crippen molar-refractivity contribution in [1.82, 2.24) is 4.31 Å². The summed E-state index contributed by atoms with van der Waals surface area (Å²) in [7, 11) is -2.44. The average Bonchev–Trinajstić information content (AvgIpc) is 2.69. The number of halogens is 2. The number of amides is 1. The number of hydrogen-bond donors (Lipinski definition) is 1. The minimum atomic E-state index is -3.79. The molecule has 0 bridgehead atoms. The Kier molecular flexibility index (Phi) is 7.34. The Balaban J connectivity index is 1.64. The Hall–Kier alpha value is -1.45. The van der Waals surface area contributed by atoms with Crippen LogP contribution < -0.4 is 10.2 Å². The van der Waals surface area contributed by atoms with Gasteiger partial charge in [0.1, 0.15) is 0 Å². The van der Waals surface area contributed by atoms with Crippen molar-refractivity contribution in [3.8, 4) is 0 Å². The minimum Gasteiger partial charge on any atom is -0.369 e. The zero-order chi connectivity index (χ0) is 21.0. The average molecular weight is 474 g/mol. The summed E-state index contributed by atoms with van der Waals surface area (Å²) in [6, 6.07) is 11.1. The van der Waals surface area contributed by atoms with Crippen molar-refractivity contribution in [2.75, 3.05) is 48.4 Å². The molecular formula is C19H21Cl2N3O3S2. The Morgan fingerprint density at radius 3 is 2.41 bits per heavy atom. The second kappa shape index (κ2) is 9.57. The van der Waals surface area contributed by atoms with Gasteiger partial charge in [0.05, 0.1) is 22.2 Å². The maximum Gasteiger partial charge on any atom is 0.243 e. The number of anilines is 2. The third-order valence-electron chi connectivity index (χ3n) is 4.47. The molecule has 6 nitrogen and oxygen atoms in total. The highest BCUT2D eigenvalue weighted by Crippen LogP contribution is 2.30. The lowest BCUT2D eigenvalue weighted by atomic mass is 10.2. The predicted molar refractivity (Wildman–Crippen MR) is 121 cm³/mol. The van der Waals surface area contributed by atoms with Crippen molar-refractivity contribution in [3.05, 3.63) is 52.5 Å². The van der Waals surface area contributed by atoms with Gasteiger partial charge in [0.2, 0.25) is 15.9 Å². The number of hydrogen-bond acceptors (Lipinski definition) is 5. The lowest BCUT2D eigenvalue weighted by Gasteiger charge is -2.29. The van der Waals surface area contributed by atoms with Gasteiger partial charge in [-0.25, -0.2) is 8.42 Å². The van der Waals surface area contributed by atoms with Crippen LogP contribution in [-0.2, 0) is 14.8 Å². The number of benzene rings is 2. The van der Waals surface area contributed by atoms with Gasteiger partial charge in [0.25, 0.3) is 0 Å². The molecule has 29 heavy (non-hydrogen) atoms. The summed E-state index contributed by atoms with van der Waals surface area (Å²) < 4.78 is 26.2. The zero-order valence-corrected chi connectivity index (χ0v) is 18.9. The topological polar surface area (TPSA) is 69.7 Å². The van der Waals surface area contributed by atoms with Gasteiger partial charge in [0.15, 0.2) is 0 Å². The van der Waals surface area contributed by atoms with Gasteiger partial charge in [-0.15, -0.1) is 0 Å². The second-order valence-electron chi connectivity index (χ2n) is 6.53. The van der Waals surface area contributed by atoms with E-state index >= 15 is 0 Å². The number of thioether (sulfide) groups is 1. The first-order chi connectivity index (χ1) is 13.8. The number of carbonyl (C=O) groups is 1. The number of rotatable bonds is 6. The molecule has 0 spiro atoms. The Labute approximate surface area is 185 Å². The fraction of sp³-hybridized carbons (Fsp3) is 0.316. The van der Waals surface area contributed by atoms with Crippen LogP contribution in [0.2, 0.25) is 10.0 Å². The van der Waals surface area contributed by atoms with Gasteiger partial charge in [-0.2, -0.15) is 16.1 Å². The maximum atomic E-state index is 12.6. The maximum absolute atomic E-state index is 12.6. The molecule has 1 aliphatic heterocycles. The first kappa shape index (κ1) is 22.2. The van der Waals surface area contributed by atoms with E-state index in [1.165, 1.54) is 31.3 Å².